The summed E-state index contributed by atoms with van der Waals surface area (Å²) in [7, 11) is 0. The van der Waals surface area contributed by atoms with Crippen molar-refractivity contribution in [2.24, 2.45) is 5.41 Å². The highest BCUT2D eigenvalue weighted by molar-refractivity contribution is 5.89. The molecule has 0 atom stereocenters. The Kier molecular flexibility index (Phi) is 4.44. The summed E-state index contributed by atoms with van der Waals surface area (Å²) >= 11 is 0. The molecule has 1 fully saturated rings. The van der Waals surface area contributed by atoms with Crippen molar-refractivity contribution >= 4 is 5.97 Å². The van der Waals surface area contributed by atoms with Crippen LogP contribution in [0.3, 0.4) is 0 Å². The number of nitriles is 1. The zero-order chi connectivity index (χ0) is 14.6. The highest BCUT2D eigenvalue weighted by Crippen LogP contribution is 2.42. The third-order valence-corrected chi connectivity index (χ3v) is 4.25. The number of hydrogen-bond donors (Lipinski definition) is 0. The minimum Gasteiger partial charge on any atom is -0.462 e. The van der Waals surface area contributed by atoms with Crippen LogP contribution in [0.5, 0.6) is 0 Å². The number of ether oxygens (including phenoxy) is 1. The van der Waals surface area contributed by atoms with Crippen LogP contribution in [0.15, 0.2) is 24.3 Å². The summed E-state index contributed by atoms with van der Waals surface area (Å²) in [4.78, 5) is 11.6. The Balaban J connectivity index is 2.01. The van der Waals surface area contributed by atoms with E-state index < -0.39 is 0 Å². The molecule has 1 aromatic rings. The van der Waals surface area contributed by atoms with Crippen LogP contribution < -0.4 is 0 Å². The number of rotatable bonds is 3. The Labute approximate surface area is 120 Å². The summed E-state index contributed by atoms with van der Waals surface area (Å²) in [5.41, 5.74) is 1.72. The molecule has 3 nitrogen and oxygen atoms in total. The van der Waals surface area contributed by atoms with Crippen molar-refractivity contribution in [3.05, 3.63) is 35.4 Å². The molecular formula is C17H21NO2. The van der Waals surface area contributed by atoms with Gasteiger partial charge in [0, 0.05) is 0 Å². The maximum atomic E-state index is 11.6. The molecule has 0 amide bonds. The second kappa shape index (κ2) is 6.09. The van der Waals surface area contributed by atoms with Crippen LogP contribution in [0.2, 0.25) is 0 Å². The van der Waals surface area contributed by atoms with Crippen molar-refractivity contribution < 1.29 is 9.53 Å². The smallest absolute Gasteiger partial charge is 0.338 e. The minimum absolute atomic E-state index is 0.151. The van der Waals surface area contributed by atoms with Gasteiger partial charge in [0.05, 0.1) is 23.7 Å². The fourth-order valence-corrected chi connectivity index (χ4v) is 2.81. The first kappa shape index (κ1) is 14.6. The van der Waals surface area contributed by atoms with Gasteiger partial charge in [-0.05, 0) is 63.1 Å². The maximum absolute atomic E-state index is 11.6. The Bertz CT molecular complexity index is 505. The fourth-order valence-electron chi connectivity index (χ4n) is 2.81. The van der Waals surface area contributed by atoms with Crippen molar-refractivity contribution in [1.82, 2.24) is 0 Å². The van der Waals surface area contributed by atoms with Gasteiger partial charge < -0.3 is 4.74 Å². The molecule has 1 aliphatic rings. The van der Waals surface area contributed by atoms with E-state index in [1.807, 2.05) is 31.2 Å². The molecule has 0 aromatic heterocycles. The van der Waals surface area contributed by atoms with Gasteiger partial charge >= 0.3 is 5.97 Å². The van der Waals surface area contributed by atoms with Gasteiger partial charge in [0.1, 0.15) is 0 Å². The van der Waals surface area contributed by atoms with Crippen LogP contribution in [-0.2, 0) is 4.74 Å². The lowest BCUT2D eigenvalue weighted by molar-refractivity contribution is 0.0526. The van der Waals surface area contributed by atoms with Crippen molar-refractivity contribution in [2.75, 3.05) is 6.61 Å². The summed E-state index contributed by atoms with van der Waals surface area (Å²) in [6.07, 6.45) is 3.99. The maximum Gasteiger partial charge on any atom is 0.338 e. The van der Waals surface area contributed by atoms with Crippen LogP contribution in [-0.4, -0.2) is 12.6 Å². The molecule has 0 spiro atoms. The highest BCUT2D eigenvalue weighted by atomic mass is 16.5. The second-order valence-electron chi connectivity index (χ2n) is 5.79. The first-order valence-electron chi connectivity index (χ1n) is 7.26. The highest BCUT2D eigenvalue weighted by Gasteiger charge is 2.31. The van der Waals surface area contributed by atoms with E-state index in [1.54, 1.807) is 6.92 Å². The number of carbonyl (C=O) groups excluding carboxylic acids is 1. The number of hydrogen-bond acceptors (Lipinski definition) is 3. The lowest BCUT2D eigenvalue weighted by Gasteiger charge is -2.32. The predicted molar refractivity (Wildman–Crippen MR) is 77.3 cm³/mol. The van der Waals surface area contributed by atoms with Gasteiger partial charge in [0.2, 0.25) is 0 Å². The average molecular weight is 271 g/mol. The van der Waals surface area contributed by atoms with Gasteiger partial charge in [-0.2, -0.15) is 5.26 Å². The van der Waals surface area contributed by atoms with Crippen LogP contribution in [0, 0.1) is 16.7 Å². The average Bonchev–Trinajstić information content (AvgIpc) is 2.48. The summed E-state index contributed by atoms with van der Waals surface area (Å²) < 4.78 is 4.98. The molecule has 0 aliphatic heterocycles. The summed E-state index contributed by atoms with van der Waals surface area (Å²) in [5.74, 6) is 0.243. The van der Waals surface area contributed by atoms with Crippen molar-refractivity contribution in [3.63, 3.8) is 0 Å². The van der Waals surface area contributed by atoms with Crippen molar-refractivity contribution in [1.29, 1.82) is 5.26 Å². The van der Waals surface area contributed by atoms with Crippen LogP contribution in [0.25, 0.3) is 0 Å². The van der Waals surface area contributed by atoms with Crippen molar-refractivity contribution in [2.45, 2.75) is 45.4 Å². The molecule has 3 heteroatoms. The van der Waals surface area contributed by atoms with Crippen LogP contribution in [0.4, 0.5) is 0 Å². The molecule has 1 aliphatic carbocycles. The molecule has 0 saturated heterocycles. The van der Waals surface area contributed by atoms with Gasteiger partial charge in [-0.1, -0.05) is 12.1 Å². The first-order valence-corrected chi connectivity index (χ1v) is 7.26. The van der Waals surface area contributed by atoms with E-state index >= 15 is 0 Å². The third-order valence-electron chi connectivity index (χ3n) is 4.25. The zero-order valence-electron chi connectivity index (χ0n) is 12.2. The molecule has 1 aromatic carbocycles. The van der Waals surface area contributed by atoms with Gasteiger partial charge in [-0.25, -0.2) is 4.79 Å². The molecule has 2 rings (SSSR count). The summed E-state index contributed by atoms with van der Waals surface area (Å²) in [6.45, 7) is 4.25. The Morgan fingerprint density at radius 3 is 2.45 bits per heavy atom. The standard InChI is InChI=1S/C17H21NO2/c1-3-20-16(19)15-6-4-13(5-7-15)14-8-10-17(2,12-18)11-9-14/h4-7,14H,3,8-11H2,1-2H3. The summed E-state index contributed by atoms with van der Waals surface area (Å²) in [6, 6.07) is 10.1. The van der Waals surface area contributed by atoms with Gasteiger partial charge in [-0.15, -0.1) is 0 Å². The molecular weight excluding hydrogens is 250 g/mol. The minimum atomic E-state index is -0.264. The fraction of sp³-hybridized carbons (Fsp3) is 0.529. The molecule has 0 unspecified atom stereocenters. The zero-order valence-corrected chi connectivity index (χ0v) is 12.2. The SMILES string of the molecule is CCOC(=O)c1ccc(C2CCC(C)(C#N)CC2)cc1. The third kappa shape index (κ3) is 3.19. The molecule has 0 N–H and O–H groups in total. The first-order chi connectivity index (χ1) is 9.58. The Morgan fingerprint density at radius 2 is 1.95 bits per heavy atom. The molecule has 1 saturated carbocycles. The Hall–Kier alpha value is -1.82. The van der Waals surface area contributed by atoms with E-state index in [0.717, 1.165) is 25.7 Å². The van der Waals surface area contributed by atoms with Crippen LogP contribution >= 0.6 is 0 Å². The van der Waals surface area contributed by atoms with E-state index in [9.17, 15) is 4.79 Å². The molecule has 20 heavy (non-hydrogen) atoms. The lowest BCUT2D eigenvalue weighted by Crippen LogP contribution is -2.21. The Morgan fingerprint density at radius 1 is 1.35 bits per heavy atom. The molecule has 106 valence electrons. The lowest BCUT2D eigenvalue weighted by atomic mass is 9.71. The number of nitrogens with zero attached hydrogens (tertiary/aromatic N) is 1. The number of benzene rings is 1. The largest absolute Gasteiger partial charge is 0.462 e. The summed E-state index contributed by atoms with van der Waals surface area (Å²) in [5, 5.41) is 9.15. The van der Waals surface area contributed by atoms with E-state index in [1.165, 1.54) is 5.56 Å². The van der Waals surface area contributed by atoms with E-state index in [2.05, 4.69) is 6.07 Å². The molecule has 0 heterocycles. The van der Waals surface area contributed by atoms with E-state index in [-0.39, 0.29) is 11.4 Å². The molecule has 0 radical (unpaired) electrons. The number of esters is 1. The van der Waals surface area contributed by atoms with E-state index in [4.69, 9.17) is 10.00 Å². The van der Waals surface area contributed by atoms with Gasteiger partial charge in [0.15, 0.2) is 0 Å². The topological polar surface area (TPSA) is 50.1 Å². The monoisotopic (exact) mass is 271 g/mol. The van der Waals surface area contributed by atoms with Crippen LogP contribution in [0.1, 0.15) is 61.4 Å². The van der Waals surface area contributed by atoms with Gasteiger partial charge in [-0.3, -0.25) is 0 Å². The normalized spacial score (nSPS) is 25.8. The number of carbonyl (C=O) groups is 1. The second-order valence-corrected chi connectivity index (χ2v) is 5.79. The quantitative estimate of drug-likeness (QED) is 0.779. The van der Waals surface area contributed by atoms with Crippen molar-refractivity contribution in [3.8, 4) is 6.07 Å². The van der Waals surface area contributed by atoms with Gasteiger partial charge in [0.25, 0.3) is 0 Å². The predicted octanol–water partition coefficient (Wildman–Crippen LogP) is 4.05. The van der Waals surface area contributed by atoms with E-state index in [0.29, 0.717) is 18.1 Å². The molecule has 0 bridgehead atoms.